The summed E-state index contributed by atoms with van der Waals surface area (Å²) in [6, 6.07) is 2.56. The first-order valence-corrected chi connectivity index (χ1v) is 5.67. The van der Waals surface area contributed by atoms with Crippen molar-refractivity contribution in [3.05, 3.63) is 23.0 Å². The van der Waals surface area contributed by atoms with Crippen LogP contribution in [0, 0.1) is 5.82 Å². The lowest BCUT2D eigenvalue weighted by atomic mass is 10.2. The lowest BCUT2D eigenvalue weighted by Crippen LogP contribution is -2.24. The van der Waals surface area contributed by atoms with Crippen LogP contribution in [0.4, 0.5) is 15.8 Å². The van der Waals surface area contributed by atoms with Gasteiger partial charge in [-0.05, 0) is 13.0 Å². The molecule has 0 fully saturated rings. The molecule has 0 saturated heterocycles. The van der Waals surface area contributed by atoms with E-state index >= 15 is 0 Å². The standard InChI is InChI=1S/C11H15ClFN3O/c1-2-15-11(17)3-4-16-10-6-8(13)7(12)5-9(10)14/h5-6,16H,2-4,14H2,1H3,(H,15,17). The fourth-order valence-corrected chi connectivity index (χ4v) is 1.48. The number of rotatable bonds is 5. The third-order valence-electron chi connectivity index (χ3n) is 2.13. The zero-order chi connectivity index (χ0) is 12.8. The van der Waals surface area contributed by atoms with Crippen LogP contribution in [0.1, 0.15) is 13.3 Å². The number of anilines is 2. The molecule has 0 spiro atoms. The molecule has 0 bridgehead atoms. The number of amides is 1. The third kappa shape index (κ3) is 4.11. The van der Waals surface area contributed by atoms with E-state index in [4.69, 9.17) is 17.3 Å². The van der Waals surface area contributed by atoms with Crippen molar-refractivity contribution in [2.24, 2.45) is 0 Å². The molecule has 6 heteroatoms. The Hall–Kier alpha value is -1.49. The quantitative estimate of drug-likeness (QED) is 0.709. The van der Waals surface area contributed by atoms with Crippen molar-refractivity contribution in [2.75, 3.05) is 24.1 Å². The predicted octanol–water partition coefficient (Wildman–Crippen LogP) is 2.00. The minimum absolute atomic E-state index is 0.0169. The first-order chi connectivity index (χ1) is 8.04. The Labute approximate surface area is 104 Å². The summed E-state index contributed by atoms with van der Waals surface area (Å²) >= 11 is 5.56. The molecule has 0 radical (unpaired) electrons. The van der Waals surface area contributed by atoms with Gasteiger partial charge in [0.1, 0.15) is 5.82 Å². The minimum atomic E-state index is -0.540. The number of carbonyl (C=O) groups excluding carboxylic acids is 1. The molecule has 0 unspecified atom stereocenters. The monoisotopic (exact) mass is 259 g/mol. The molecule has 1 rings (SSSR count). The van der Waals surface area contributed by atoms with Gasteiger partial charge in [-0.2, -0.15) is 0 Å². The highest BCUT2D eigenvalue weighted by molar-refractivity contribution is 6.31. The fourth-order valence-electron chi connectivity index (χ4n) is 1.31. The first kappa shape index (κ1) is 13.6. The molecule has 0 aliphatic carbocycles. The van der Waals surface area contributed by atoms with Gasteiger partial charge in [-0.25, -0.2) is 4.39 Å². The molecule has 94 valence electrons. The normalized spacial score (nSPS) is 10.1. The van der Waals surface area contributed by atoms with Crippen molar-refractivity contribution >= 4 is 28.9 Å². The van der Waals surface area contributed by atoms with Gasteiger partial charge < -0.3 is 16.4 Å². The van der Waals surface area contributed by atoms with Crippen LogP contribution in [0.5, 0.6) is 0 Å². The van der Waals surface area contributed by atoms with E-state index in [-0.39, 0.29) is 10.9 Å². The van der Waals surface area contributed by atoms with Gasteiger partial charge in [0, 0.05) is 25.6 Å². The molecule has 0 aromatic heterocycles. The Morgan fingerprint density at radius 3 is 2.88 bits per heavy atom. The van der Waals surface area contributed by atoms with Crippen LogP contribution in [0.25, 0.3) is 0 Å². The molecule has 1 aromatic carbocycles. The van der Waals surface area contributed by atoms with Gasteiger partial charge >= 0.3 is 0 Å². The summed E-state index contributed by atoms with van der Waals surface area (Å²) in [6.45, 7) is 2.82. The van der Waals surface area contributed by atoms with Crippen molar-refractivity contribution in [1.29, 1.82) is 0 Å². The van der Waals surface area contributed by atoms with E-state index in [2.05, 4.69) is 10.6 Å². The second-order valence-electron chi connectivity index (χ2n) is 3.48. The summed E-state index contributed by atoms with van der Waals surface area (Å²) in [6.07, 6.45) is 0.303. The number of benzene rings is 1. The molecule has 0 aliphatic rings. The average molecular weight is 260 g/mol. The summed E-state index contributed by atoms with van der Waals surface area (Å²) in [5.74, 6) is -0.602. The van der Waals surface area contributed by atoms with Crippen LogP contribution < -0.4 is 16.4 Å². The zero-order valence-corrected chi connectivity index (χ0v) is 10.3. The number of nitrogen functional groups attached to an aromatic ring is 1. The van der Waals surface area contributed by atoms with Crippen LogP contribution in [-0.4, -0.2) is 19.0 Å². The second-order valence-corrected chi connectivity index (χ2v) is 3.89. The Bertz CT molecular complexity index is 412. The molecule has 0 aliphatic heterocycles. The summed E-state index contributed by atoms with van der Waals surface area (Å²) < 4.78 is 13.2. The molecule has 17 heavy (non-hydrogen) atoms. The maximum atomic E-state index is 13.2. The van der Waals surface area contributed by atoms with Crippen LogP contribution in [0.15, 0.2) is 12.1 Å². The van der Waals surface area contributed by atoms with Gasteiger partial charge in [-0.15, -0.1) is 0 Å². The van der Waals surface area contributed by atoms with Crippen molar-refractivity contribution in [2.45, 2.75) is 13.3 Å². The SMILES string of the molecule is CCNC(=O)CCNc1cc(F)c(Cl)cc1N. The molecule has 0 heterocycles. The van der Waals surface area contributed by atoms with Gasteiger partial charge in [0.05, 0.1) is 16.4 Å². The number of halogens is 2. The van der Waals surface area contributed by atoms with Gasteiger partial charge in [-0.1, -0.05) is 11.6 Å². The second kappa shape index (κ2) is 6.30. The number of hydrogen-bond acceptors (Lipinski definition) is 3. The average Bonchev–Trinajstić information content (AvgIpc) is 2.26. The Balaban J connectivity index is 2.52. The number of carbonyl (C=O) groups is 1. The molecule has 1 aromatic rings. The van der Waals surface area contributed by atoms with E-state index in [9.17, 15) is 9.18 Å². The van der Waals surface area contributed by atoms with Crippen LogP contribution in [0.2, 0.25) is 5.02 Å². The summed E-state index contributed by atoms with van der Waals surface area (Å²) in [5.41, 5.74) is 6.45. The molecule has 1 amide bonds. The number of nitrogens with one attached hydrogen (secondary N) is 2. The van der Waals surface area contributed by atoms with E-state index in [0.717, 1.165) is 0 Å². The lowest BCUT2D eigenvalue weighted by Gasteiger charge is -2.10. The highest BCUT2D eigenvalue weighted by Gasteiger charge is 2.06. The molecule has 0 atom stereocenters. The molecule has 4 nitrogen and oxygen atoms in total. The van der Waals surface area contributed by atoms with Gasteiger partial charge in [-0.3, -0.25) is 4.79 Å². The van der Waals surface area contributed by atoms with E-state index in [1.54, 1.807) is 0 Å². The van der Waals surface area contributed by atoms with Crippen molar-refractivity contribution < 1.29 is 9.18 Å². The van der Waals surface area contributed by atoms with E-state index in [0.29, 0.717) is 30.9 Å². The largest absolute Gasteiger partial charge is 0.397 e. The number of nitrogens with two attached hydrogens (primary N) is 1. The smallest absolute Gasteiger partial charge is 0.221 e. The maximum absolute atomic E-state index is 13.2. The maximum Gasteiger partial charge on any atom is 0.221 e. The van der Waals surface area contributed by atoms with Gasteiger partial charge in [0.15, 0.2) is 0 Å². The third-order valence-corrected chi connectivity index (χ3v) is 2.42. The minimum Gasteiger partial charge on any atom is -0.397 e. The van der Waals surface area contributed by atoms with Gasteiger partial charge in [0.25, 0.3) is 0 Å². The summed E-state index contributed by atoms with van der Waals surface area (Å²) in [7, 11) is 0. The highest BCUT2D eigenvalue weighted by Crippen LogP contribution is 2.25. The van der Waals surface area contributed by atoms with E-state index in [1.165, 1.54) is 12.1 Å². The summed E-state index contributed by atoms with van der Waals surface area (Å²) in [4.78, 5) is 11.2. The molecular weight excluding hydrogens is 245 g/mol. The Kier molecular flexibility index (Phi) is 5.03. The molecular formula is C11H15ClFN3O. The lowest BCUT2D eigenvalue weighted by molar-refractivity contribution is -0.120. The summed E-state index contributed by atoms with van der Waals surface area (Å²) in [5, 5.41) is 5.53. The Morgan fingerprint density at radius 1 is 1.53 bits per heavy atom. The first-order valence-electron chi connectivity index (χ1n) is 5.29. The Morgan fingerprint density at radius 2 is 2.24 bits per heavy atom. The van der Waals surface area contributed by atoms with Crippen molar-refractivity contribution in [3.63, 3.8) is 0 Å². The van der Waals surface area contributed by atoms with Crippen molar-refractivity contribution in [3.8, 4) is 0 Å². The molecule has 0 saturated carbocycles. The van der Waals surface area contributed by atoms with Crippen molar-refractivity contribution in [1.82, 2.24) is 5.32 Å². The van der Waals surface area contributed by atoms with Crippen LogP contribution in [0.3, 0.4) is 0 Å². The molecule has 4 N–H and O–H groups in total. The highest BCUT2D eigenvalue weighted by atomic mass is 35.5. The van der Waals surface area contributed by atoms with Crippen LogP contribution in [-0.2, 0) is 4.79 Å². The zero-order valence-electron chi connectivity index (χ0n) is 9.52. The number of hydrogen-bond donors (Lipinski definition) is 3. The van der Waals surface area contributed by atoms with Crippen LogP contribution >= 0.6 is 11.6 Å². The van der Waals surface area contributed by atoms with Gasteiger partial charge in [0.2, 0.25) is 5.91 Å². The van der Waals surface area contributed by atoms with E-state index < -0.39 is 5.82 Å². The fraction of sp³-hybridized carbons (Fsp3) is 0.364. The predicted molar refractivity (Wildman–Crippen MR) is 67.6 cm³/mol. The van der Waals surface area contributed by atoms with E-state index in [1.807, 2.05) is 6.92 Å². The topological polar surface area (TPSA) is 67.2 Å².